The van der Waals surface area contributed by atoms with Crippen LogP contribution in [-0.2, 0) is 13.0 Å². The molecule has 3 N–H and O–H groups in total. The van der Waals surface area contributed by atoms with E-state index in [1.165, 1.54) is 0 Å². The third-order valence-corrected chi connectivity index (χ3v) is 5.99. The molecule has 6 nitrogen and oxygen atoms in total. The van der Waals surface area contributed by atoms with Gasteiger partial charge < -0.3 is 15.3 Å². The Bertz CT molecular complexity index is 712. The molecule has 0 radical (unpaired) electrons. The van der Waals surface area contributed by atoms with Crippen molar-refractivity contribution in [3.05, 3.63) is 39.3 Å². The summed E-state index contributed by atoms with van der Waals surface area (Å²) < 4.78 is 0. The van der Waals surface area contributed by atoms with E-state index >= 15 is 0 Å². The molecule has 2 aromatic rings. The molecule has 4 heterocycles. The smallest absolute Gasteiger partial charge is 0.274 e. The number of rotatable bonds is 4. The van der Waals surface area contributed by atoms with E-state index in [4.69, 9.17) is 0 Å². The lowest BCUT2D eigenvalue weighted by atomic mass is 10.0. The Morgan fingerprint density at radius 2 is 2.46 bits per heavy atom. The number of hydrogen-bond donors (Lipinski definition) is 3. The van der Waals surface area contributed by atoms with Gasteiger partial charge in [0.2, 0.25) is 0 Å². The first-order valence-corrected chi connectivity index (χ1v) is 9.41. The first-order valence-electron chi connectivity index (χ1n) is 8.53. The van der Waals surface area contributed by atoms with Crippen molar-refractivity contribution in [1.29, 1.82) is 0 Å². The molecule has 1 amide bonds. The number of aromatic amines is 1. The van der Waals surface area contributed by atoms with Gasteiger partial charge in [0.15, 0.2) is 5.69 Å². The number of hydrogen-bond acceptors (Lipinski definition) is 5. The predicted molar refractivity (Wildman–Crippen MR) is 92.0 cm³/mol. The van der Waals surface area contributed by atoms with Gasteiger partial charge in [-0.1, -0.05) is 6.07 Å². The van der Waals surface area contributed by atoms with E-state index in [2.05, 4.69) is 15.5 Å². The van der Waals surface area contributed by atoms with Gasteiger partial charge >= 0.3 is 0 Å². The van der Waals surface area contributed by atoms with Crippen LogP contribution in [-0.4, -0.2) is 45.2 Å². The normalized spacial score (nSPS) is 21.7. The highest BCUT2D eigenvalue weighted by Gasteiger charge is 2.34. The van der Waals surface area contributed by atoms with Gasteiger partial charge in [0, 0.05) is 48.2 Å². The van der Waals surface area contributed by atoms with E-state index in [9.17, 15) is 9.90 Å². The molecule has 1 fully saturated rings. The third-order valence-electron chi connectivity index (χ3n) is 5.01. The van der Waals surface area contributed by atoms with Crippen LogP contribution < -0.4 is 5.32 Å². The molecule has 24 heavy (non-hydrogen) atoms. The van der Waals surface area contributed by atoms with E-state index in [0.717, 1.165) is 48.5 Å². The minimum atomic E-state index is -0.502. The fourth-order valence-corrected chi connectivity index (χ4v) is 4.47. The van der Waals surface area contributed by atoms with Gasteiger partial charge in [-0.2, -0.15) is 5.10 Å². The van der Waals surface area contributed by atoms with E-state index in [1.807, 2.05) is 22.4 Å². The fraction of sp³-hybridized carbons (Fsp3) is 0.529. The topological polar surface area (TPSA) is 81.2 Å². The van der Waals surface area contributed by atoms with Crippen LogP contribution in [0, 0.1) is 0 Å². The van der Waals surface area contributed by atoms with E-state index < -0.39 is 6.10 Å². The first kappa shape index (κ1) is 15.8. The second-order valence-corrected chi connectivity index (χ2v) is 7.50. The Morgan fingerprint density at radius 1 is 1.54 bits per heavy atom. The standard InChI is InChI=1S/C17H22N4O2S/c22-14(15-4-2-8-24-15)9-11-3-1-7-21(11)17(23)16-12-10-18-6-5-13(12)19-20-16/h2,4,8,11,14,18,22H,1,3,5-7,9-10H2,(H,19,20). The molecule has 2 unspecified atom stereocenters. The lowest BCUT2D eigenvalue weighted by molar-refractivity contribution is 0.0663. The summed E-state index contributed by atoms with van der Waals surface area (Å²) in [7, 11) is 0. The summed E-state index contributed by atoms with van der Waals surface area (Å²) in [5.74, 6) is -0.00270. The van der Waals surface area contributed by atoms with Crippen LogP contribution in [0.5, 0.6) is 0 Å². The molecule has 4 rings (SSSR count). The van der Waals surface area contributed by atoms with Crippen LogP contribution in [0.1, 0.15) is 52.0 Å². The maximum Gasteiger partial charge on any atom is 0.274 e. The summed E-state index contributed by atoms with van der Waals surface area (Å²) in [6.45, 7) is 2.36. The van der Waals surface area contributed by atoms with Crippen molar-refractivity contribution in [2.45, 2.75) is 44.4 Å². The van der Waals surface area contributed by atoms with Crippen molar-refractivity contribution in [2.24, 2.45) is 0 Å². The summed E-state index contributed by atoms with van der Waals surface area (Å²) in [5.41, 5.74) is 2.64. The number of nitrogens with zero attached hydrogens (tertiary/aromatic N) is 2. The Balaban J connectivity index is 1.50. The summed E-state index contributed by atoms with van der Waals surface area (Å²) in [6, 6.07) is 3.98. The quantitative estimate of drug-likeness (QED) is 0.789. The number of aliphatic hydroxyl groups excluding tert-OH is 1. The molecule has 2 aliphatic rings. The molecule has 2 aliphatic heterocycles. The lowest BCUT2D eigenvalue weighted by Gasteiger charge is -2.26. The SMILES string of the molecule is O=C(c1n[nH]c2c1CNCC2)N1CCCC1CC(O)c1cccs1. The largest absolute Gasteiger partial charge is 0.387 e. The number of carbonyl (C=O) groups excluding carboxylic acids is 1. The molecule has 0 bridgehead atoms. The third kappa shape index (κ3) is 2.87. The van der Waals surface area contributed by atoms with Crippen molar-refractivity contribution < 1.29 is 9.90 Å². The van der Waals surface area contributed by atoms with E-state index in [1.54, 1.807) is 11.3 Å². The van der Waals surface area contributed by atoms with Gasteiger partial charge in [-0.15, -0.1) is 11.3 Å². The zero-order valence-corrected chi connectivity index (χ0v) is 14.3. The zero-order chi connectivity index (χ0) is 16.5. The molecule has 0 aliphatic carbocycles. The predicted octanol–water partition coefficient (Wildman–Crippen LogP) is 1.85. The molecular formula is C17H22N4O2S. The number of aliphatic hydroxyl groups is 1. The maximum absolute atomic E-state index is 13.0. The van der Waals surface area contributed by atoms with Crippen LogP contribution in [0.3, 0.4) is 0 Å². The minimum Gasteiger partial charge on any atom is -0.387 e. The average Bonchev–Trinajstić information content (AvgIpc) is 3.34. The zero-order valence-electron chi connectivity index (χ0n) is 13.5. The number of fused-ring (bicyclic) bond motifs is 1. The molecule has 0 saturated carbocycles. The molecular weight excluding hydrogens is 324 g/mol. The highest BCUT2D eigenvalue weighted by molar-refractivity contribution is 7.10. The average molecular weight is 346 g/mol. The number of aromatic nitrogens is 2. The van der Waals surface area contributed by atoms with Crippen molar-refractivity contribution in [2.75, 3.05) is 13.1 Å². The van der Waals surface area contributed by atoms with E-state index in [0.29, 0.717) is 18.7 Å². The van der Waals surface area contributed by atoms with E-state index in [-0.39, 0.29) is 11.9 Å². The summed E-state index contributed by atoms with van der Waals surface area (Å²) in [6.07, 6.45) is 2.91. The molecule has 7 heteroatoms. The van der Waals surface area contributed by atoms with Gasteiger partial charge in [0.25, 0.3) is 5.91 Å². The lowest BCUT2D eigenvalue weighted by Crippen LogP contribution is -2.37. The Morgan fingerprint density at radius 3 is 3.29 bits per heavy atom. The molecule has 1 saturated heterocycles. The Kier molecular flexibility index (Phi) is 4.39. The second kappa shape index (κ2) is 6.66. The number of amides is 1. The number of H-pyrrole nitrogens is 1. The van der Waals surface area contributed by atoms with Crippen molar-refractivity contribution in [3.8, 4) is 0 Å². The van der Waals surface area contributed by atoms with Gasteiger partial charge in [-0.3, -0.25) is 9.89 Å². The maximum atomic E-state index is 13.0. The van der Waals surface area contributed by atoms with Crippen molar-refractivity contribution >= 4 is 17.2 Å². The van der Waals surface area contributed by atoms with Crippen LogP contribution in [0.2, 0.25) is 0 Å². The fourth-order valence-electron chi connectivity index (χ4n) is 3.74. The molecule has 2 atom stereocenters. The summed E-state index contributed by atoms with van der Waals surface area (Å²) in [4.78, 5) is 15.9. The van der Waals surface area contributed by atoms with Crippen molar-refractivity contribution in [3.63, 3.8) is 0 Å². The summed E-state index contributed by atoms with van der Waals surface area (Å²) >= 11 is 1.56. The van der Waals surface area contributed by atoms with Crippen LogP contribution in [0.15, 0.2) is 17.5 Å². The van der Waals surface area contributed by atoms with Gasteiger partial charge in [-0.25, -0.2) is 0 Å². The molecule has 2 aromatic heterocycles. The first-order chi connectivity index (χ1) is 11.7. The molecule has 0 aromatic carbocycles. The number of thiophene rings is 1. The molecule has 128 valence electrons. The summed E-state index contributed by atoms with van der Waals surface area (Å²) in [5, 5.41) is 23.0. The minimum absolute atomic E-state index is 0.00270. The highest BCUT2D eigenvalue weighted by atomic mass is 32.1. The van der Waals surface area contributed by atoms with Crippen LogP contribution in [0.4, 0.5) is 0 Å². The monoisotopic (exact) mass is 346 g/mol. The van der Waals surface area contributed by atoms with Gasteiger partial charge in [-0.05, 0) is 30.7 Å². The van der Waals surface area contributed by atoms with Crippen molar-refractivity contribution in [1.82, 2.24) is 20.4 Å². The Hall–Kier alpha value is -1.70. The second-order valence-electron chi connectivity index (χ2n) is 6.52. The van der Waals surface area contributed by atoms with Crippen LogP contribution >= 0.6 is 11.3 Å². The number of likely N-dealkylation sites (tertiary alicyclic amines) is 1. The number of nitrogens with one attached hydrogen (secondary N) is 2. The highest BCUT2D eigenvalue weighted by Crippen LogP contribution is 2.31. The Labute approximate surface area is 144 Å². The van der Waals surface area contributed by atoms with Gasteiger partial charge in [0.1, 0.15) is 0 Å². The number of carbonyl (C=O) groups is 1. The van der Waals surface area contributed by atoms with Gasteiger partial charge in [0.05, 0.1) is 6.10 Å². The molecule has 0 spiro atoms. The van der Waals surface area contributed by atoms with Crippen LogP contribution in [0.25, 0.3) is 0 Å².